The number of hydrogen-bond acceptors (Lipinski definition) is 7. The number of thiophene rings is 1. The summed E-state index contributed by atoms with van der Waals surface area (Å²) in [6.07, 6.45) is 7.62. The Morgan fingerprint density at radius 3 is 3.03 bits per heavy atom. The van der Waals surface area contributed by atoms with Crippen molar-refractivity contribution in [2.45, 2.75) is 32.6 Å². The summed E-state index contributed by atoms with van der Waals surface area (Å²) in [5.41, 5.74) is 2.24. The summed E-state index contributed by atoms with van der Waals surface area (Å²) >= 11 is 1.77. The van der Waals surface area contributed by atoms with E-state index >= 15 is 0 Å². The number of aromatic nitrogens is 3. The highest BCUT2D eigenvalue weighted by Crippen LogP contribution is 2.41. The van der Waals surface area contributed by atoms with E-state index in [0.717, 1.165) is 40.9 Å². The van der Waals surface area contributed by atoms with Crippen LogP contribution >= 0.6 is 11.3 Å². The standard InChI is InChI=1S/C23H29N5O2S/c1-15-7-8-17-18(12-15)31-23-20(17)22(26-21(27-23)16-6-4-9-24-13-16)28(2)14-19(29)25-10-5-11-30-3/h4,6,9,13,15H,5,7-8,10-12,14H2,1-3H3,(H,25,29)/t15-/m1/s1. The largest absolute Gasteiger partial charge is 0.385 e. The van der Waals surface area contributed by atoms with Crippen molar-refractivity contribution in [2.24, 2.45) is 5.92 Å². The molecule has 0 bridgehead atoms. The van der Waals surface area contributed by atoms with Gasteiger partial charge in [-0.05, 0) is 49.3 Å². The van der Waals surface area contributed by atoms with Crippen LogP contribution in [0.3, 0.4) is 0 Å². The quantitative estimate of drug-likeness (QED) is 0.542. The third-order valence-electron chi connectivity index (χ3n) is 5.65. The normalized spacial score (nSPS) is 15.6. The van der Waals surface area contributed by atoms with E-state index in [0.29, 0.717) is 24.9 Å². The third-order valence-corrected chi connectivity index (χ3v) is 6.79. The maximum Gasteiger partial charge on any atom is 0.239 e. The molecule has 4 rings (SSSR count). The summed E-state index contributed by atoms with van der Waals surface area (Å²) in [7, 11) is 3.59. The van der Waals surface area contributed by atoms with Crippen LogP contribution in [0, 0.1) is 5.92 Å². The van der Waals surface area contributed by atoms with Crippen LogP contribution in [-0.2, 0) is 22.4 Å². The first-order valence-corrected chi connectivity index (χ1v) is 11.6. The van der Waals surface area contributed by atoms with Gasteiger partial charge in [-0.25, -0.2) is 9.97 Å². The number of rotatable bonds is 8. The topological polar surface area (TPSA) is 80.2 Å². The number of nitrogens with one attached hydrogen (secondary N) is 1. The molecule has 0 unspecified atom stereocenters. The van der Waals surface area contributed by atoms with Gasteiger partial charge >= 0.3 is 0 Å². The molecule has 3 heterocycles. The predicted octanol–water partition coefficient (Wildman–Crippen LogP) is 3.47. The van der Waals surface area contributed by atoms with Gasteiger partial charge in [0.15, 0.2) is 5.82 Å². The van der Waals surface area contributed by atoms with E-state index in [9.17, 15) is 4.79 Å². The van der Waals surface area contributed by atoms with Gasteiger partial charge < -0.3 is 15.0 Å². The van der Waals surface area contributed by atoms with Crippen LogP contribution in [-0.4, -0.2) is 54.7 Å². The van der Waals surface area contributed by atoms with E-state index in [-0.39, 0.29) is 12.5 Å². The van der Waals surface area contributed by atoms with Crippen LogP contribution in [0.1, 0.15) is 30.2 Å². The number of methoxy groups -OCH3 is 1. The van der Waals surface area contributed by atoms with E-state index in [1.54, 1.807) is 30.8 Å². The number of carbonyl (C=O) groups excluding carboxylic acids is 1. The van der Waals surface area contributed by atoms with Crippen molar-refractivity contribution in [1.29, 1.82) is 0 Å². The Bertz CT molecular complexity index is 1050. The minimum Gasteiger partial charge on any atom is -0.385 e. The predicted molar refractivity (Wildman–Crippen MR) is 125 cm³/mol. The number of hydrogen-bond donors (Lipinski definition) is 1. The summed E-state index contributed by atoms with van der Waals surface area (Å²) in [6, 6.07) is 3.86. The van der Waals surface area contributed by atoms with Gasteiger partial charge in [-0.3, -0.25) is 9.78 Å². The van der Waals surface area contributed by atoms with Crippen LogP contribution < -0.4 is 10.2 Å². The number of amides is 1. The van der Waals surface area contributed by atoms with Gasteiger partial charge in [-0.15, -0.1) is 11.3 Å². The van der Waals surface area contributed by atoms with Crippen LogP contribution in [0.5, 0.6) is 0 Å². The number of fused-ring (bicyclic) bond motifs is 3. The Morgan fingerprint density at radius 2 is 2.26 bits per heavy atom. The molecule has 3 aromatic rings. The third kappa shape index (κ3) is 4.85. The molecule has 1 aliphatic carbocycles. The zero-order chi connectivity index (χ0) is 21.8. The SMILES string of the molecule is COCCCNC(=O)CN(C)c1nc(-c2cccnc2)nc2sc3c(c12)CC[C@@H](C)C3. The summed E-state index contributed by atoms with van der Waals surface area (Å²) in [5, 5.41) is 4.07. The maximum absolute atomic E-state index is 12.5. The monoisotopic (exact) mass is 439 g/mol. The van der Waals surface area contributed by atoms with Gasteiger partial charge in [0, 0.05) is 50.1 Å². The smallest absolute Gasteiger partial charge is 0.239 e. The van der Waals surface area contributed by atoms with Crippen molar-refractivity contribution in [3.63, 3.8) is 0 Å². The molecule has 0 saturated carbocycles. The average molecular weight is 440 g/mol. The molecule has 8 heteroatoms. The number of nitrogens with zero attached hydrogens (tertiary/aromatic N) is 4. The number of likely N-dealkylation sites (N-methyl/N-ethyl adjacent to an activating group) is 1. The number of anilines is 1. The first-order chi connectivity index (χ1) is 15.1. The summed E-state index contributed by atoms with van der Waals surface area (Å²) < 4.78 is 5.05. The zero-order valence-corrected chi connectivity index (χ0v) is 19.2. The van der Waals surface area contributed by atoms with Gasteiger partial charge in [0.05, 0.1) is 11.9 Å². The van der Waals surface area contributed by atoms with E-state index in [2.05, 4.69) is 17.2 Å². The molecule has 0 aliphatic heterocycles. The molecule has 1 aliphatic rings. The molecule has 0 spiro atoms. The molecule has 164 valence electrons. The van der Waals surface area contributed by atoms with Crippen molar-refractivity contribution in [1.82, 2.24) is 20.3 Å². The van der Waals surface area contributed by atoms with Crippen molar-refractivity contribution in [2.75, 3.05) is 38.8 Å². The Labute approximate surface area is 186 Å². The molecule has 1 amide bonds. The Hall–Kier alpha value is -2.58. The van der Waals surface area contributed by atoms with Crippen LogP contribution in [0.2, 0.25) is 0 Å². The molecule has 0 fully saturated rings. The van der Waals surface area contributed by atoms with Crippen LogP contribution in [0.4, 0.5) is 5.82 Å². The van der Waals surface area contributed by atoms with Gasteiger partial charge in [0.2, 0.25) is 5.91 Å². The lowest BCUT2D eigenvalue weighted by Gasteiger charge is -2.22. The fourth-order valence-electron chi connectivity index (χ4n) is 4.01. The minimum atomic E-state index is -0.0222. The molecule has 3 aromatic heterocycles. The number of ether oxygens (including phenoxy) is 1. The highest BCUT2D eigenvalue weighted by Gasteiger charge is 2.26. The maximum atomic E-state index is 12.5. The van der Waals surface area contributed by atoms with E-state index in [1.165, 1.54) is 16.9 Å². The minimum absolute atomic E-state index is 0.0222. The molecule has 7 nitrogen and oxygen atoms in total. The second-order valence-corrected chi connectivity index (χ2v) is 9.28. The highest BCUT2D eigenvalue weighted by molar-refractivity contribution is 7.19. The molecule has 0 saturated heterocycles. The van der Waals surface area contributed by atoms with E-state index in [4.69, 9.17) is 14.7 Å². The lowest BCUT2D eigenvalue weighted by molar-refractivity contribution is -0.119. The summed E-state index contributed by atoms with van der Waals surface area (Å²) in [4.78, 5) is 30.9. The van der Waals surface area contributed by atoms with Crippen molar-refractivity contribution < 1.29 is 9.53 Å². The average Bonchev–Trinajstić information content (AvgIpc) is 3.14. The molecule has 0 radical (unpaired) electrons. The van der Waals surface area contributed by atoms with Gasteiger partial charge in [-0.2, -0.15) is 0 Å². The first kappa shape index (κ1) is 21.6. The molecular formula is C23H29N5O2S. The first-order valence-electron chi connectivity index (χ1n) is 10.8. The fourth-order valence-corrected chi connectivity index (χ4v) is 5.39. The van der Waals surface area contributed by atoms with Crippen LogP contribution in [0.15, 0.2) is 24.5 Å². The Morgan fingerprint density at radius 1 is 1.39 bits per heavy atom. The summed E-state index contributed by atoms with van der Waals surface area (Å²) in [6.45, 7) is 3.79. The molecular weight excluding hydrogens is 410 g/mol. The van der Waals surface area contributed by atoms with Crippen LogP contribution in [0.25, 0.3) is 21.6 Å². The zero-order valence-electron chi connectivity index (χ0n) is 18.4. The van der Waals surface area contributed by atoms with Crippen molar-refractivity contribution in [3.05, 3.63) is 35.0 Å². The molecule has 0 aromatic carbocycles. The molecule has 31 heavy (non-hydrogen) atoms. The Kier molecular flexibility index (Phi) is 6.77. The molecule has 1 atom stereocenters. The lowest BCUT2D eigenvalue weighted by atomic mass is 9.89. The lowest BCUT2D eigenvalue weighted by Crippen LogP contribution is -2.36. The van der Waals surface area contributed by atoms with E-state index < -0.39 is 0 Å². The fraction of sp³-hybridized carbons (Fsp3) is 0.478. The van der Waals surface area contributed by atoms with E-state index in [1.807, 2.05) is 24.1 Å². The highest BCUT2D eigenvalue weighted by atomic mass is 32.1. The summed E-state index contributed by atoms with van der Waals surface area (Å²) in [5.74, 6) is 2.13. The molecule has 1 N–H and O–H groups in total. The number of aryl methyl sites for hydroxylation is 1. The Balaban J connectivity index is 1.68. The van der Waals surface area contributed by atoms with Crippen molar-refractivity contribution >= 4 is 33.3 Å². The second kappa shape index (κ2) is 9.70. The second-order valence-electron chi connectivity index (χ2n) is 8.20. The van der Waals surface area contributed by atoms with Gasteiger partial charge in [0.1, 0.15) is 10.6 Å². The number of pyridine rings is 1. The van der Waals surface area contributed by atoms with Gasteiger partial charge in [-0.1, -0.05) is 6.92 Å². The van der Waals surface area contributed by atoms with Gasteiger partial charge in [0.25, 0.3) is 0 Å². The van der Waals surface area contributed by atoms with Crippen molar-refractivity contribution in [3.8, 4) is 11.4 Å². The number of carbonyl (C=O) groups is 1.